The fourth-order valence-electron chi connectivity index (χ4n) is 0.826. The Labute approximate surface area is 87.0 Å². The van der Waals surface area contributed by atoms with Crippen molar-refractivity contribution in [3.8, 4) is 5.75 Å². The minimum absolute atomic E-state index is 0.165. The summed E-state index contributed by atoms with van der Waals surface area (Å²) in [7, 11) is 0. The third-order valence-electron chi connectivity index (χ3n) is 1.29. The second kappa shape index (κ2) is 4.17. The van der Waals surface area contributed by atoms with Crippen LogP contribution >= 0.6 is 22.6 Å². The highest BCUT2D eigenvalue weighted by molar-refractivity contribution is 14.1. The van der Waals surface area contributed by atoms with Crippen LogP contribution in [0.1, 0.15) is 5.56 Å². The molecule has 0 radical (unpaired) electrons. The van der Waals surface area contributed by atoms with E-state index in [2.05, 4.69) is 27.3 Å². The van der Waals surface area contributed by atoms with Crippen LogP contribution in [0, 0.1) is 0 Å². The minimum Gasteiger partial charge on any atom is -0.406 e. The number of ether oxygens (including phenoxy) is 1. The number of halogens is 4. The molecule has 13 heavy (non-hydrogen) atoms. The highest BCUT2D eigenvalue weighted by Gasteiger charge is 2.30. The number of benzene rings is 1. The van der Waals surface area contributed by atoms with Gasteiger partial charge >= 0.3 is 6.36 Å². The van der Waals surface area contributed by atoms with Gasteiger partial charge in [-0.3, -0.25) is 0 Å². The highest BCUT2D eigenvalue weighted by atomic mass is 127. The fourth-order valence-corrected chi connectivity index (χ4v) is 1.30. The average molecular weight is 302 g/mol. The van der Waals surface area contributed by atoms with Gasteiger partial charge in [0.05, 0.1) is 0 Å². The Kier molecular flexibility index (Phi) is 3.40. The molecule has 1 aromatic rings. The molecule has 0 amide bonds. The first-order valence-electron chi connectivity index (χ1n) is 3.42. The quantitative estimate of drug-likeness (QED) is 0.600. The van der Waals surface area contributed by atoms with Gasteiger partial charge in [0.15, 0.2) is 0 Å². The van der Waals surface area contributed by atoms with E-state index in [-0.39, 0.29) is 5.75 Å². The molecule has 5 heteroatoms. The van der Waals surface area contributed by atoms with Crippen molar-refractivity contribution in [1.29, 1.82) is 0 Å². The van der Waals surface area contributed by atoms with Crippen molar-refractivity contribution in [2.24, 2.45) is 0 Å². The Morgan fingerprint density at radius 1 is 1.31 bits per heavy atom. The van der Waals surface area contributed by atoms with Crippen molar-refractivity contribution in [3.05, 3.63) is 29.8 Å². The molecule has 0 aliphatic rings. The van der Waals surface area contributed by atoms with Gasteiger partial charge < -0.3 is 4.74 Å². The normalized spacial score (nSPS) is 11.4. The molecule has 1 rings (SSSR count). The van der Waals surface area contributed by atoms with Crippen molar-refractivity contribution < 1.29 is 17.9 Å². The summed E-state index contributed by atoms with van der Waals surface area (Å²) < 4.78 is 39.7. The van der Waals surface area contributed by atoms with E-state index in [9.17, 15) is 13.2 Å². The zero-order chi connectivity index (χ0) is 9.90. The number of alkyl halides is 4. The van der Waals surface area contributed by atoms with E-state index in [1.807, 2.05) is 0 Å². The molecule has 0 aliphatic heterocycles. The number of rotatable bonds is 2. The molecule has 0 N–H and O–H groups in total. The van der Waals surface area contributed by atoms with E-state index < -0.39 is 6.36 Å². The largest absolute Gasteiger partial charge is 0.573 e. The first kappa shape index (κ1) is 10.6. The van der Waals surface area contributed by atoms with Gasteiger partial charge in [-0.2, -0.15) is 0 Å². The molecule has 0 saturated carbocycles. The van der Waals surface area contributed by atoms with Crippen molar-refractivity contribution in [2.45, 2.75) is 10.8 Å². The predicted octanol–water partition coefficient (Wildman–Crippen LogP) is 3.52. The standard InChI is InChI=1S/C8H6F3IO/c9-8(10,11)13-7-3-1-2-6(4-7)5-12/h1-4H,5H2. The van der Waals surface area contributed by atoms with Crippen LogP contribution in [0.3, 0.4) is 0 Å². The molecular formula is C8H6F3IO. The van der Waals surface area contributed by atoms with E-state index in [1.54, 1.807) is 6.07 Å². The van der Waals surface area contributed by atoms with E-state index in [4.69, 9.17) is 0 Å². The topological polar surface area (TPSA) is 9.23 Å². The van der Waals surface area contributed by atoms with Gasteiger partial charge in [0, 0.05) is 4.43 Å². The lowest BCUT2D eigenvalue weighted by Gasteiger charge is -2.08. The van der Waals surface area contributed by atoms with Crippen molar-refractivity contribution in [3.63, 3.8) is 0 Å². The average Bonchev–Trinajstić information content (AvgIpc) is 2.01. The monoisotopic (exact) mass is 302 g/mol. The maximum atomic E-state index is 11.8. The maximum Gasteiger partial charge on any atom is 0.573 e. The molecule has 0 atom stereocenters. The smallest absolute Gasteiger partial charge is 0.406 e. The van der Waals surface area contributed by atoms with Crippen LogP contribution < -0.4 is 4.74 Å². The molecule has 0 spiro atoms. The third kappa shape index (κ3) is 3.84. The van der Waals surface area contributed by atoms with Crippen LogP contribution in [0.2, 0.25) is 0 Å². The summed E-state index contributed by atoms with van der Waals surface area (Å²) in [5.74, 6) is -0.165. The van der Waals surface area contributed by atoms with Crippen LogP contribution in [0.25, 0.3) is 0 Å². The molecule has 1 aromatic carbocycles. The summed E-state index contributed by atoms with van der Waals surface area (Å²) in [6.07, 6.45) is -4.61. The summed E-state index contributed by atoms with van der Waals surface area (Å²) in [5.41, 5.74) is 0.808. The van der Waals surface area contributed by atoms with Gasteiger partial charge in [-0.1, -0.05) is 34.7 Å². The van der Waals surface area contributed by atoms with E-state index in [0.29, 0.717) is 4.43 Å². The van der Waals surface area contributed by atoms with Crippen molar-refractivity contribution >= 4 is 22.6 Å². The summed E-state index contributed by atoms with van der Waals surface area (Å²) in [4.78, 5) is 0. The number of hydrogen-bond acceptors (Lipinski definition) is 1. The maximum absolute atomic E-state index is 11.8. The molecular weight excluding hydrogens is 296 g/mol. The Hall–Kier alpha value is -0.460. The summed E-state index contributed by atoms with van der Waals surface area (Å²) >= 11 is 2.07. The van der Waals surface area contributed by atoms with Crippen LogP contribution in [0.4, 0.5) is 13.2 Å². The lowest BCUT2D eigenvalue weighted by molar-refractivity contribution is -0.274. The first-order valence-corrected chi connectivity index (χ1v) is 4.94. The molecule has 0 aromatic heterocycles. The van der Waals surface area contributed by atoms with Gasteiger partial charge in [0.1, 0.15) is 5.75 Å². The fraction of sp³-hybridized carbons (Fsp3) is 0.250. The summed E-state index contributed by atoms with van der Waals surface area (Å²) in [5, 5.41) is 0. The van der Waals surface area contributed by atoms with Gasteiger partial charge in [-0.25, -0.2) is 0 Å². The molecule has 0 unspecified atom stereocenters. The van der Waals surface area contributed by atoms with Gasteiger partial charge in [-0.05, 0) is 17.7 Å². The summed E-state index contributed by atoms with van der Waals surface area (Å²) in [6.45, 7) is 0. The van der Waals surface area contributed by atoms with Gasteiger partial charge in [0.25, 0.3) is 0 Å². The van der Waals surface area contributed by atoms with Crippen LogP contribution in [0.5, 0.6) is 5.75 Å². The molecule has 0 bridgehead atoms. The molecule has 0 aliphatic carbocycles. The molecule has 0 saturated heterocycles. The van der Waals surface area contributed by atoms with Gasteiger partial charge in [-0.15, -0.1) is 13.2 Å². The molecule has 72 valence electrons. The minimum atomic E-state index is -4.61. The Morgan fingerprint density at radius 2 is 2.00 bits per heavy atom. The predicted molar refractivity (Wildman–Crippen MR) is 50.8 cm³/mol. The van der Waals surface area contributed by atoms with E-state index >= 15 is 0 Å². The molecule has 1 nitrogen and oxygen atoms in total. The highest BCUT2D eigenvalue weighted by Crippen LogP contribution is 2.23. The van der Waals surface area contributed by atoms with Crippen LogP contribution in [-0.2, 0) is 4.43 Å². The molecule has 0 heterocycles. The zero-order valence-electron chi connectivity index (χ0n) is 6.44. The first-order chi connectivity index (χ1) is 6.01. The van der Waals surface area contributed by atoms with E-state index in [1.165, 1.54) is 18.2 Å². The molecule has 0 fully saturated rings. The lowest BCUT2D eigenvalue weighted by Crippen LogP contribution is -2.17. The lowest BCUT2D eigenvalue weighted by atomic mass is 10.2. The zero-order valence-corrected chi connectivity index (χ0v) is 8.59. The van der Waals surface area contributed by atoms with Crippen LogP contribution in [0.15, 0.2) is 24.3 Å². The number of hydrogen-bond donors (Lipinski definition) is 0. The Morgan fingerprint density at radius 3 is 2.54 bits per heavy atom. The summed E-state index contributed by atoms with van der Waals surface area (Å²) in [6, 6.07) is 5.94. The van der Waals surface area contributed by atoms with Crippen molar-refractivity contribution in [1.82, 2.24) is 0 Å². The second-order valence-corrected chi connectivity index (χ2v) is 3.09. The van der Waals surface area contributed by atoms with E-state index in [0.717, 1.165) is 5.56 Å². The Bertz CT molecular complexity index is 285. The SMILES string of the molecule is FC(F)(F)Oc1cccc(CI)c1. The third-order valence-corrected chi connectivity index (χ3v) is 2.17. The Balaban J connectivity index is 2.78. The van der Waals surface area contributed by atoms with Crippen LogP contribution in [-0.4, -0.2) is 6.36 Å². The van der Waals surface area contributed by atoms with Crippen molar-refractivity contribution in [2.75, 3.05) is 0 Å². The van der Waals surface area contributed by atoms with Gasteiger partial charge in [0.2, 0.25) is 0 Å². The second-order valence-electron chi connectivity index (χ2n) is 2.33.